The van der Waals surface area contributed by atoms with Crippen LogP contribution in [0.1, 0.15) is 36.5 Å². The van der Waals surface area contributed by atoms with Crippen molar-refractivity contribution in [1.82, 2.24) is 4.90 Å². The molecule has 2 aliphatic rings. The van der Waals surface area contributed by atoms with Crippen LogP contribution in [0.15, 0.2) is 54.6 Å². The first-order valence-corrected chi connectivity index (χ1v) is 9.74. The maximum Gasteiger partial charge on any atom is 0.108 e. The van der Waals surface area contributed by atoms with Crippen LogP contribution >= 0.6 is 24.0 Å². The third kappa shape index (κ3) is 4.33. The van der Waals surface area contributed by atoms with E-state index in [1.165, 1.54) is 5.56 Å². The second-order valence-corrected chi connectivity index (χ2v) is 7.90. The second kappa shape index (κ2) is 8.93. The minimum Gasteiger partial charge on any atom is -0.380 e. The number of benzene rings is 2. The van der Waals surface area contributed by atoms with Crippen LogP contribution < -0.4 is 0 Å². The Hall–Kier alpha value is -1.10. The van der Waals surface area contributed by atoms with E-state index in [4.69, 9.17) is 21.1 Å². The van der Waals surface area contributed by atoms with E-state index in [1.54, 1.807) is 0 Å². The van der Waals surface area contributed by atoms with Crippen molar-refractivity contribution in [2.24, 2.45) is 0 Å². The lowest BCUT2D eigenvalue weighted by molar-refractivity contribution is -0.0523. The molecule has 2 aromatic carbocycles. The van der Waals surface area contributed by atoms with Gasteiger partial charge in [0.1, 0.15) is 6.10 Å². The molecule has 2 fully saturated rings. The first-order chi connectivity index (χ1) is 12.7. The van der Waals surface area contributed by atoms with E-state index in [2.05, 4.69) is 48.3 Å². The standard InChI is InChI=1S/C22H26ClNO2.ClH/c1-24-18-12-19(14-20(24)21(13-18)25-2)26-22(15-6-4-3-5-7-15)16-8-10-17(23)11-9-16;/h3-11,18-22H,12-14H2,1-2H3;1H/t18?,19-,20?,21-,22?;/m0./s1. The number of piperidine rings is 1. The van der Waals surface area contributed by atoms with Crippen molar-refractivity contribution in [2.45, 2.75) is 49.7 Å². The van der Waals surface area contributed by atoms with Crippen LogP contribution in [0.25, 0.3) is 0 Å². The molecule has 0 spiro atoms. The normalized spacial score (nSPS) is 28.6. The highest BCUT2D eigenvalue weighted by atomic mass is 35.5. The van der Waals surface area contributed by atoms with E-state index in [9.17, 15) is 0 Å². The van der Waals surface area contributed by atoms with Crippen molar-refractivity contribution < 1.29 is 9.47 Å². The number of rotatable bonds is 5. The Kier molecular flexibility index (Phi) is 6.83. The molecule has 146 valence electrons. The Morgan fingerprint density at radius 3 is 2.30 bits per heavy atom. The molecule has 0 aromatic heterocycles. The second-order valence-electron chi connectivity index (χ2n) is 7.47. The Labute approximate surface area is 173 Å². The molecule has 3 nitrogen and oxygen atoms in total. The summed E-state index contributed by atoms with van der Waals surface area (Å²) in [7, 11) is 4.05. The molecule has 3 unspecified atom stereocenters. The van der Waals surface area contributed by atoms with Crippen molar-refractivity contribution >= 4 is 24.0 Å². The molecule has 0 radical (unpaired) electrons. The topological polar surface area (TPSA) is 21.7 Å². The van der Waals surface area contributed by atoms with Crippen molar-refractivity contribution in [1.29, 1.82) is 0 Å². The highest BCUT2D eigenvalue weighted by Crippen LogP contribution is 2.40. The SMILES string of the molecule is CO[C@H]1CC2C[C@H](OC(c3ccccc3)c3ccc(Cl)cc3)CC1N2C.Cl. The van der Waals surface area contributed by atoms with Gasteiger partial charge < -0.3 is 9.47 Å². The number of halogens is 2. The first-order valence-electron chi connectivity index (χ1n) is 9.36. The molecule has 2 bridgehead atoms. The van der Waals surface area contributed by atoms with Crippen LogP contribution in [0.3, 0.4) is 0 Å². The molecule has 2 aliphatic heterocycles. The highest BCUT2D eigenvalue weighted by Gasteiger charge is 2.46. The molecule has 0 aliphatic carbocycles. The minimum atomic E-state index is -0.0673. The molecule has 5 heteroatoms. The number of fused-ring (bicyclic) bond motifs is 2. The summed E-state index contributed by atoms with van der Waals surface area (Å²) >= 11 is 6.09. The fourth-order valence-electron chi connectivity index (χ4n) is 4.55. The Bertz CT molecular complexity index is 725. The van der Waals surface area contributed by atoms with Gasteiger partial charge in [-0.1, -0.05) is 54.1 Å². The van der Waals surface area contributed by atoms with E-state index in [1.807, 2.05) is 25.3 Å². The van der Waals surface area contributed by atoms with Crippen molar-refractivity contribution in [3.63, 3.8) is 0 Å². The number of nitrogens with zero attached hydrogens (tertiary/aromatic N) is 1. The molecule has 27 heavy (non-hydrogen) atoms. The van der Waals surface area contributed by atoms with E-state index in [-0.39, 0.29) is 24.6 Å². The Morgan fingerprint density at radius 2 is 1.63 bits per heavy atom. The van der Waals surface area contributed by atoms with Gasteiger partial charge in [-0.3, -0.25) is 4.90 Å². The zero-order valence-electron chi connectivity index (χ0n) is 15.8. The number of hydrogen-bond donors (Lipinski definition) is 0. The summed E-state index contributed by atoms with van der Waals surface area (Å²) in [4.78, 5) is 2.48. The Morgan fingerprint density at radius 1 is 0.963 bits per heavy atom. The van der Waals surface area contributed by atoms with Gasteiger partial charge >= 0.3 is 0 Å². The Balaban J connectivity index is 0.00000210. The highest BCUT2D eigenvalue weighted by molar-refractivity contribution is 6.30. The summed E-state index contributed by atoms with van der Waals surface area (Å²) in [6.07, 6.45) is 3.68. The van der Waals surface area contributed by atoms with Gasteiger partial charge in [0.05, 0.1) is 12.2 Å². The molecule has 5 atom stereocenters. The van der Waals surface area contributed by atoms with Gasteiger partial charge in [-0.05, 0) is 49.6 Å². The average molecular weight is 408 g/mol. The van der Waals surface area contributed by atoms with Gasteiger partial charge in [0.25, 0.3) is 0 Å². The predicted octanol–water partition coefficient (Wildman–Crippen LogP) is 5.12. The third-order valence-corrected chi connectivity index (χ3v) is 6.23. The first kappa shape index (κ1) is 20.6. The number of methoxy groups -OCH3 is 1. The maximum absolute atomic E-state index is 6.70. The van der Waals surface area contributed by atoms with E-state index in [0.717, 1.165) is 29.8 Å². The summed E-state index contributed by atoms with van der Waals surface area (Å²) < 4.78 is 12.4. The molecule has 0 N–H and O–H groups in total. The predicted molar refractivity (Wildman–Crippen MR) is 112 cm³/mol. The lowest BCUT2D eigenvalue weighted by Gasteiger charge is -2.38. The summed E-state index contributed by atoms with van der Waals surface area (Å²) in [5.41, 5.74) is 2.33. The van der Waals surface area contributed by atoms with Crippen LogP contribution in [0.2, 0.25) is 5.02 Å². The zero-order chi connectivity index (χ0) is 18.1. The summed E-state index contributed by atoms with van der Waals surface area (Å²) in [6.45, 7) is 0. The average Bonchev–Trinajstić information content (AvgIpc) is 2.85. The van der Waals surface area contributed by atoms with Crippen molar-refractivity contribution in [3.05, 3.63) is 70.7 Å². The lowest BCUT2D eigenvalue weighted by atomic mass is 9.97. The quantitative estimate of drug-likeness (QED) is 0.686. The largest absolute Gasteiger partial charge is 0.380 e. The summed E-state index contributed by atoms with van der Waals surface area (Å²) in [6, 6.07) is 19.5. The van der Waals surface area contributed by atoms with Crippen LogP contribution in [-0.2, 0) is 9.47 Å². The minimum absolute atomic E-state index is 0. The zero-order valence-corrected chi connectivity index (χ0v) is 17.3. The van der Waals surface area contributed by atoms with Crippen molar-refractivity contribution in [3.8, 4) is 0 Å². The molecule has 2 aromatic rings. The van der Waals surface area contributed by atoms with Crippen LogP contribution in [-0.4, -0.2) is 43.3 Å². The molecule has 2 heterocycles. The van der Waals surface area contributed by atoms with Gasteiger partial charge in [0.15, 0.2) is 0 Å². The van der Waals surface area contributed by atoms with Gasteiger partial charge in [-0.15, -0.1) is 12.4 Å². The molecular formula is C22H27Cl2NO2. The molecule has 0 saturated carbocycles. The summed E-state index contributed by atoms with van der Waals surface area (Å²) in [5.74, 6) is 0. The fourth-order valence-corrected chi connectivity index (χ4v) is 4.67. The monoisotopic (exact) mass is 407 g/mol. The number of likely N-dealkylation sites (N-methyl/N-ethyl adjacent to an activating group) is 1. The number of ether oxygens (including phenoxy) is 2. The molecule has 4 rings (SSSR count). The van der Waals surface area contributed by atoms with E-state index in [0.29, 0.717) is 18.2 Å². The lowest BCUT2D eigenvalue weighted by Crippen LogP contribution is -2.45. The number of hydrogen-bond acceptors (Lipinski definition) is 3. The van der Waals surface area contributed by atoms with Crippen LogP contribution in [0, 0.1) is 0 Å². The smallest absolute Gasteiger partial charge is 0.108 e. The van der Waals surface area contributed by atoms with E-state index < -0.39 is 0 Å². The van der Waals surface area contributed by atoms with Gasteiger partial charge in [0, 0.05) is 24.2 Å². The molecule has 2 saturated heterocycles. The molecule has 0 amide bonds. The van der Waals surface area contributed by atoms with Crippen molar-refractivity contribution in [2.75, 3.05) is 14.2 Å². The summed E-state index contributed by atoms with van der Waals surface area (Å²) in [5, 5.41) is 0.751. The fraction of sp³-hybridized carbons (Fsp3) is 0.455. The van der Waals surface area contributed by atoms with E-state index >= 15 is 0 Å². The maximum atomic E-state index is 6.70. The molecular weight excluding hydrogens is 381 g/mol. The third-order valence-electron chi connectivity index (χ3n) is 5.98. The van der Waals surface area contributed by atoms with Gasteiger partial charge in [-0.2, -0.15) is 0 Å². The van der Waals surface area contributed by atoms with Crippen LogP contribution in [0.5, 0.6) is 0 Å². The van der Waals surface area contributed by atoms with Gasteiger partial charge in [0.2, 0.25) is 0 Å². The van der Waals surface area contributed by atoms with Gasteiger partial charge in [-0.25, -0.2) is 0 Å². The van der Waals surface area contributed by atoms with Crippen LogP contribution in [0.4, 0.5) is 0 Å².